The number of alkyl carbamates (subject to hydrolysis) is 1. The molecule has 2 unspecified atom stereocenters. The van der Waals surface area contributed by atoms with Crippen LogP contribution in [0.4, 0.5) is 19.2 Å². The number of hydrogen-bond donors (Lipinski definition) is 6. The summed E-state index contributed by atoms with van der Waals surface area (Å²) in [4.78, 5) is 62.3. The first-order chi connectivity index (χ1) is 36.2. The number of β-amino-alcohol motifs (C(OH)–C–C–N with tert-alkyl or cyclic N) is 2. The van der Waals surface area contributed by atoms with Crippen molar-refractivity contribution in [2.75, 3.05) is 137 Å². The number of nitrogens with zero attached hydrogens (tertiary/aromatic N) is 3. The van der Waals surface area contributed by atoms with Crippen LogP contribution in [0, 0.1) is 0 Å². The van der Waals surface area contributed by atoms with Crippen molar-refractivity contribution in [1.82, 2.24) is 25.3 Å². The molecule has 4 amide bonds. The average molecular weight is 1220 g/mol. The van der Waals surface area contributed by atoms with Crippen molar-refractivity contribution in [1.29, 1.82) is 0 Å². The normalized spacial score (nSPS) is 18.0. The number of rotatable bonds is 5. The zero-order chi connectivity index (χ0) is 60.4. The summed E-state index contributed by atoms with van der Waals surface area (Å²) in [5.41, 5.74) is -0.149. The molecule has 4 saturated heterocycles. The van der Waals surface area contributed by atoms with Gasteiger partial charge in [0, 0.05) is 99.1 Å². The summed E-state index contributed by atoms with van der Waals surface area (Å²) in [5, 5.41) is 40.2. The first kappa shape index (κ1) is 89.7. The second kappa shape index (κ2) is 51.9. The Labute approximate surface area is 522 Å². The summed E-state index contributed by atoms with van der Waals surface area (Å²) in [7, 11) is 0. The van der Waals surface area contributed by atoms with Gasteiger partial charge in [-0.25, -0.2) is 19.2 Å². The zero-order valence-corrected chi connectivity index (χ0v) is 54.7. The van der Waals surface area contributed by atoms with E-state index in [1.165, 1.54) is 4.90 Å². The smallest absolute Gasteiger partial charge is 1.00 e. The van der Waals surface area contributed by atoms with Gasteiger partial charge in [0.2, 0.25) is 0 Å². The fourth-order valence-corrected chi connectivity index (χ4v) is 6.03. The molecular formula is C55H108BCl2N5NaO17. The van der Waals surface area contributed by atoms with Crippen LogP contribution in [0.5, 0.6) is 0 Å². The van der Waals surface area contributed by atoms with Crippen molar-refractivity contribution in [3.8, 4) is 0 Å². The molecule has 4 aliphatic rings. The molecule has 0 aromatic carbocycles. The van der Waals surface area contributed by atoms with Gasteiger partial charge in [-0.15, -0.1) is 23.2 Å². The van der Waals surface area contributed by atoms with Gasteiger partial charge < -0.3 is 85.1 Å². The standard InChI is InChI=1S/C12H21NO3.C11H21NO4.C11H19NO4.C8H17NO3.C6H13NO2.C4H6Cl2.C2H6O.CH4.B.Na.H/c1-10-8-13(6-5-7-15-9-10)11(14)16-12(2,3)4;2*1-11(2,3)16-10(14)12-5-4-6-15-8-9(13)7-12;1-8(2,3)12-7(11)9-5-4-6-10;8-6-4-7-2-1-3-9-5-6;1-4(2-5)3-6;1-2-3;;;;/h1,5-9H2,2-4H3;9,13H,4-8H2,1-3H3;4-8H2,1-3H3;10H,4-6H2,1-3H3,(H,9,11);6-8H,1-5H2;1-3H2;3H,2H2,1H3;1H4;;;/q;;;;;;;;;+1;-1. The van der Waals surface area contributed by atoms with E-state index in [0.717, 1.165) is 50.0 Å². The van der Waals surface area contributed by atoms with Crippen LogP contribution in [0.25, 0.3) is 0 Å². The molecule has 0 saturated carbocycles. The quantitative estimate of drug-likeness (QED) is 0.0745. The molecule has 81 heavy (non-hydrogen) atoms. The number of aliphatic hydroxyl groups excluding tert-OH is 4. The molecule has 0 aromatic heterocycles. The summed E-state index contributed by atoms with van der Waals surface area (Å²) in [6, 6.07) is 0. The molecule has 0 aliphatic carbocycles. The van der Waals surface area contributed by atoms with Crippen LogP contribution in [0.3, 0.4) is 0 Å². The minimum atomic E-state index is -0.632. The number of amides is 4. The summed E-state index contributed by atoms with van der Waals surface area (Å²) < 4.78 is 41.5. The first-order valence-corrected chi connectivity index (χ1v) is 27.8. The van der Waals surface area contributed by atoms with Gasteiger partial charge in [-0.3, -0.25) is 4.79 Å². The molecule has 0 bridgehead atoms. The molecule has 2 atom stereocenters. The number of carbonyl (C=O) groups is 5. The fourth-order valence-electron chi connectivity index (χ4n) is 5.75. The van der Waals surface area contributed by atoms with Gasteiger partial charge >= 0.3 is 53.9 Å². The van der Waals surface area contributed by atoms with Crippen LogP contribution in [0.2, 0.25) is 0 Å². The maximum absolute atomic E-state index is 11.8. The number of ketones is 1. The van der Waals surface area contributed by atoms with E-state index in [-0.39, 0.29) is 110 Å². The summed E-state index contributed by atoms with van der Waals surface area (Å²) in [6.07, 6.45) is 1.50. The van der Waals surface area contributed by atoms with Crippen LogP contribution in [0.1, 0.15) is 131 Å². The molecule has 473 valence electrons. The summed E-state index contributed by atoms with van der Waals surface area (Å²) in [5.74, 6) is 0.859. The maximum atomic E-state index is 11.8. The van der Waals surface area contributed by atoms with Crippen LogP contribution >= 0.6 is 23.2 Å². The van der Waals surface area contributed by atoms with Gasteiger partial charge in [0.05, 0.1) is 45.1 Å². The minimum Gasteiger partial charge on any atom is -1.00 e. The Morgan fingerprint density at radius 1 is 0.679 bits per heavy atom. The number of ether oxygens (including phenoxy) is 8. The second-order valence-electron chi connectivity index (χ2n) is 22.0. The Balaban J connectivity index is -0.000000165. The molecule has 0 aromatic rings. The molecule has 3 radical (unpaired) electrons. The Kier molecular flexibility index (Phi) is 57.5. The van der Waals surface area contributed by atoms with Crippen molar-refractivity contribution in [2.45, 2.75) is 164 Å². The third kappa shape index (κ3) is 61.9. The maximum Gasteiger partial charge on any atom is 1.00 e. The predicted octanol–water partition coefficient (Wildman–Crippen LogP) is 4.06. The molecular weight excluding hydrogens is 1110 g/mol. The summed E-state index contributed by atoms with van der Waals surface area (Å²) >= 11 is 10.5. The number of aliphatic hydroxyl groups is 4. The Morgan fingerprint density at radius 3 is 1.51 bits per heavy atom. The van der Waals surface area contributed by atoms with E-state index in [9.17, 15) is 29.1 Å². The van der Waals surface area contributed by atoms with Crippen molar-refractivity contribution in [2.24, 2.45) is 0 Å². The van der Waals surface area contributed by atoms with Crippen molar-refractivity contribution in [3.05, 3.63) is 24.3 Å². The number of nitrogens with one attached hydrogen (secondary N) is 2. The largest absolute Gasteiger partial charge is 1.00 e. The topological polar surface area (TPSA) is 274 Å². The molecule has 26 heteroatoms. The van der Waals surface area contributed by atoms with E-state index in [0.29, 0.717) is 90.5 Å². The molecule has 6 N–H and O–H groups in total. The van der Waals surface area contributed by atoms with Gasteiger partial charge in [0.1, 0.15) is 29.0 Å². The van der Waals surface area contributed by atoms with E-state index < -0.39 is 40.7 Å². The van der Waals surface area contributed by atoms with Gasteiger partial charge in [0.25, 0.3) is 0 Å². The molecule has 4 aliphatic heterocycles. The van der Waals surface area contributed by atoms with Gasteiger partial charge in [-0.2, -0.15) is 0 Å². The van der Waals surface area contributed by atoms with Gasteiger partial charge in [-0.1, -0.05) is 20.6 Å². The number of halogens is 2. The molecule has 0 spiro atoms. The van der Waals surface area contributed by atoms with E-state index >= 15 is 0 Å². The van der Waals surface area contributed by atoms with Crippen molar-refractivity contribution >= 4 is 61.8 Å². The molecule has 4 rings (SSSR count). The van der Waals surface area contributed by atoms with Crippen LogP contribution in [0.15, 0.2) is 24.3 Å². The average Bonchev–Trinajstić information content (AvgIpc) is 3.27. The number of carbonyl (C=O) groups excluding carboxylic acids is 5. The number of hydrogen-bond acceptors (Lipinski definition) is 18. The molecule has 22 nitrogen and oxygen atoms in total. The number of allylic oxidation sites excluding steroid dienone is 1. The van der Waals surface area contributed by atoms with Crippen molar-refractivity contribution < 1.29 is 113 Å². The Hall–Kier alpha value is -2.49. The third-order valence-electron chi connectivity index (χ3n) is 8.91. The minimum absolute atomic E-state index is 0. The predicted molar refractivity (Wildman–Crippen MR) is 317 cm³/mol. The Bertz CT molecular complexity index is 1590. The fraction of sp³-hybridized carbons (Fsp3) is 0.836. The van der Waals surface area contributed by atoms with Gasteiger partial charge in [-0.05, 0) is 140 Å². The number of alkyl halides is 2. The van der Waals surface area contributed by atoms with Gasteiger partial charge in [0.15, 0.2) is 5.78 Å². The van der Waals surface area contributed by atoms with Crippen molar-refractivity contribution in [3.63, 3.8) is 0 Å². The number of Topliss-reactive ketones (excluding diaryl/α,β-unsaturated/α-hetero) is 1. The SMILES string of the molecule is C.C=C(CCl)CCl.C=C1COCCCN(C(=O)OC(C)(C)C)C1.CC(C)(C)OC(=O)N1CCCOCC(=O)C1.CC(C)(C)OC(=O)N1CCCOCC(O)C1.CC(C)(C)OC(=O)NCCCO.CCO.OC1CNCCCOC1.[B].[H-].[Na+]. The molecule has 4 heterocycles. The van der Waals surface area contributed by atoms with E-state index in [4.69, 9.17) is 76.4 Å². The Morgan fingerprint density at radius 2 is 1.07 bits per heavy atom. The monoisotopic (exact) mass is 1210 g/mol. The molecule has 4 fully saturated rings. The van der Waals surface area contributed by atoms with Crippen LogP contribution < -0.4 is 40.2 Å². The third-order valence-corrected chi connectivity index (χ3v) is 9.67. The first-order valence-electron chi connectivity index (χ1n) is 26.7. The summed E-state index contributed by atoms with van der Waals surface area (Å²) in [6.45, 7) is 39.9. The van der Waals surface area contributed by atoms with E-state index in [1.54, 1.807) is 58.3 Å². The second-order valence-corrected chi connectivity index (χ2v) is 22.6. The zero-order valence-electron chi connectivity index (χ0n) is 52.2. The van der Waals surface area contributed by atoms with Crippen LogP contribution in [-0.4, -0.2) is 245 Å². The van der Waals surface area contributed by atoms with E-state index in [2.05, 4.69) is 23.8 Å². The van der Waals surface area contributed by atoms with E-state index in [1.807, 2.05) is 41.5 Å². The van der Waals surface area contributed by atoms with Crippen LogP contribution in [-0.2, 0) is 42.7 Å².